The molecular formula is C12H24O3. The molecule has 1 N–H and O–H groups in total. The summed E-state index contributed by atoms with van der Waals surface area (Å²) in [6.45, 7) is 4.72. The molecule has 0 aromatic heterocycles. The average molecular weight is 216 g/mol. The van der Waals surface area contributed by atoms with Crippen molar-refractivity contribution >= 4 is 5.97 Å². The Labute approximate surface area is 92.8 Å². The molecule has 0 bridgehead atoms. The van der Waals surface area contributed by atoms with Crippen molar-refractivity contribution in [2.75, 3.05) is 13.7 Å². The lowest BCUT2D eigenvalue weighted by Gasteiger charge is -2.28. The third-order valence-electron chi connectivity index (χ3n) is 3.14. The Kier molecular flexibility index (Phi) is 7.39. The molecule has 0 aromatic rings. The molecule has 0 amide bonds. The van der Waals surface area contributed by atoms with Gasteiger partial charge in [-0.25, -0.2) is 0 Å². The summed E-state index contributed by atoms with van der Waals surface area (Å²) < 4.78 is 4.97. The highest BCUT2D eigenvalue weighted by atomic mass is 16.5. The first-order chi connectivity index (χ1) is 7.13. The smallest absolute Gasteiger partial charge is 0.309 e. The quantitative estimate of drug-likeness (QED) is 0.602. The number of hydrogen-bond acceptors (Lipinski definition) is 2. The van der Waals surface area contributed by atoms with Gasteiger partial charge in [0.25, 0.3) is 0 Å². The molecule has 15 heavy (non-hydrogen) atoms. The van der Waals surface area contributed by atoms with Gasteiger partial charge in [-0.3, -0.25) is 4.79 Å². The maximum absolute atomic E-state index is 11.3. The largest absolute Gasteiger partial charge is 0.481 e. The number of unbranched alkanes of at least 4 members (excludes halogenated alkanes) is 1. The number of hydrogen-bond donors (Lipinski definition) is 1. The highest BCUT2D eigenvalue weighted by Crippen LogP contribution is 2.34. The standard InChI is InChI=1S/C12H24O3/c1-4-6-8-12(5-2,11(13)14)9-7-10-15-3/h4-10H2,1-3H3,(H,13,14). The number of carboxylic acids is 1. The van der Waals surface area contributed by atoms with E-state index in [0.29, 0.717) is 13.0 Å². The maximum Gasteiger partial charge on any atom is 0.309 e. The van der Waals surface area contributed by atoms with Crippen LogP contribution in [0.2, 0.25) is 0 Å². The number of rotatable bonds is 9. The summed E-state index contributed by atoms with van der Waals surface area (Å²) >= 11 is 0. The number of ether oxygens (including phenoxy) is 1. The van der Waals surface area contributed by atoms with E-state index >= 15 is 0 Å². The van der Waals surface area contributed by atoms with Gasteiger partial charge in [0.15, 0.2) is 0 Å². The average Bonchev–Trinajstić information content (AvgIpc) is 2.23. The second-order valence-electron chi connectivity index (χ2n) is 4.14. The zero-order valence-corrected chi connectivity index (χ0v) is 10.2. The number of carbonyl (C=O) groups is 1. The van der Waals surface area contributed by atoms with Gasteiger partial charge in [0.1, 0.15) is 0 Å². The van der Waals surface area contributed by atoms with Gasteiger partial charge in [-0.2, -0.15) is 0 Å². The van der Waals surface area contributed by atoms with Crippen LogP contribution in [0.25, 0.3) is 0 Å². The summed E-state index contributed by atoms with van der Waals surface area (Å²) in [5.41, 5.74) is -0.519. The van der Waals surface area contributed by atoms with Crippen molar-refractivity contribution < 1.29 is 14.6 Å². The molecule has 0 saturated carbocycles. The molecule has 3 heteroatoms. The van der Waals surface area contributed by atoms with Crippen LogP contribution in [0.3, 0.4) is 0 Å². The molecule has 0 heterocycles. The van der Waals surface area contributed by atoms with Crippen LogP contribution < -0.4 is 0 Å². The summed E-state index contributed by atoms with van der Waals surface area (Å²) in [6, 6.07) is 0. The van der Waals surface area contributed by atoms with Crippen molar-refractivity contribution in [2.45, 2.75) is 52.4 Å². The van der Waals surface area contributed by atoms with E-state index < -0.39 is 11.4 Å². The number of aliphatic carboxylic acids is 1. The van der Waals surface area contributed by atoms with Crippen LogP contribution in [0.5, 0.6) is 0 Å². The summed E-state index contributed by atoms with van der Waals surface area (Å²) in [6.07, 6.45) is 5.12. The molecule has 1 atom stereocenters. The highest BCUT2D eigenvalue weighted by Gasteiger charge is 2.35. The highest BCUT2D eigenvalue weighted by molar-refractivity contribution is 5.74. The Balaban J connectivity index is 4.30. The summed E-state index contributed by atoms with van der Waals surface area (Å²) in [4.78, 5) is 11.3. The minimum absolute atomic E-state index is 0.519. The molecule has 0 spiro atoms. The van der Waals surface area contributed by atoms with Crippen LogP contribution >= 0.6 is 0 Å². The third-order valence-corrected chi connectivity index (χ3v) is 3.14. The number of carboxylic acid groups (broad SMARTS) is 1. The van der Waals surface area contributed by atoms with Gasteiger partial charge in [-0.1, -0.05) is 26.7 Å². The van der Waals surface area contributed by atoms with Gasteiger partial charge in [0, 0.05) is 13.7 Å². The lowest BCUT2D eigenvalue weighted by molar-refractivity contribution is -0.150. The predicted octanol–water partition coefficient (Wildman–Crippen LogP) is 3.08. The SMILES string of the molecule is CCCCC(CC)(CCCOC)C(=O)O. The van der Waals surface area contributed by atoms with Gasteiger partial charge in [0.2, 0.25) is 0 Å². The van der Waals surface area contributed by atoms with E-state index in [1.807, 2.05) is 6.92 Å². The zero-order valence-electron chi connectivity index (χ0n) is 10.2. The Bertz CT molecular complexity index is 180. The Morgan fingerprint density at radius 3 is 2.27 bits per heavy atom. The van der Waals surface area contributed by atoms with E-state index in [1.165, 1.54) is 0 Å². The van der Waals surface area contributed by atoms with Crippen LogP contribution in [-0.4, -0.2) is 24.8 Å². The van der Waals surface area contributed by atoms with Crippen LogP contribution in [0.15, 0.2) is 0 Å². The van der Waals surface area contributed by atoms with Crippen molar-refractivity contribution in [3.8, 4) is 0 Å². The van der Waals surface area contributed by atoms with Crippen molar-refractivity contribution in [3.63, 3.8) is 0 Å². The van der Waals surface area contributed by atoms with Crippen molar-refractivity contribution in [1.82, 2.24) is 0 Å². The van der Waals surface area contributed by atoms with Gasteiger partial charge in [0.05, 0.1) is 5.41 Å². The third kappa shape index (κ3) is 4.65. The molecular weight excluding hydrogens is 192 g/mol. The second-order valence-corrected chi connectivity index (χ2v) is 4.14. The van der Waals surface area contributed by atoms with Gasteiger partial charge in [-0.05, 0) is 25.7 Å². The molecule has 0 radical (unpaired) electrons. The van der Waals surface area contributed by atoms with Gasteiger partial charge < -0.3 is 9.84 Å². The lowest BCUT2D eigenvalue weighted by atomic mass is 9.76. The molecule has 3 nitrogen and oxygen atoms in total. The van der Waals surface area contributed by atoms with E-state index in [1.54, 1.807) is 7.11 Å². The minimum Gasteiger partial charge on any atom is -0.481 e. The normalized spacial score (nSPS) is 14.9. The lowest BCUT2D eigenvalue weighted by Crippen LogP contribution is -2.30. The molecule has 1 unspecified atom stereocenters. The first kappa shape index (κ1) is 14.4. The predicted molar refractivity (Wildman–Crippen MR) is 61.0 cm³/mol. The molecule has 90 valence electrons. The fourth-order valence-electron chi connectivity index (χ4n) is 1.91. The van der Waals surface area contributed by atoms with Gasteiger partial charge in [-0.15, -0.1) is 0 Å². The molecule has 0 fully saturated rings. The fourth-order valence-corrected chi connectivity index (χ4v) is 1.91. The second kappa shape index (κ2) is 7.69. The molecule has 0 saturated heterocycles. The van der Waals surface area contributed by atoms with E-state index in [9.17, 15) is 9.90 Å². The summed E-state index contributed by atoms with van der Waals surface area (Å²) in [5, 5.41) is 9.31. The van der Waals surface area contributed by atoms with E-state index in [0.717, 1.165) is 32.1 Å². The molecule has 0 aliphatic carbocycles. The minimum atomic E-state index is -0.644. The van der Waals surface area contributed by atoms with Gasteiger partial charge >= 0.3 is 5.97 Å². The molecule has 0 aliphatic heterocycles. The topological polar surface area (TPSA) is 46.5 Å². The molecule has 0 rings (SSSR count). The van der Waals surface area contributed by atoms with Crippen LogP contribution in [0.4, 0.5) is 0 Å². The van der Waals surface area contributed by atoms with E-state index in [2.05, 4.69) is 6.92 Å². The first-order valence-electron chi connectivity index (χ1n) is 5.85. The van der Waals surface area contributed by atoms with E-state index in [-0.39, 0.29) is 0 Å². The Morgan fingerprint density at radius 1 is 1.27 bits per heavy atom. The first-order valence-corrected chi connectivity index (χ1v) is 5.85. The Morgan fingerprint density at radius 2 is 1.87 bits per heavy atom. The van der Waals surface area contributed by atoms with Crippen LogP contribution in [-0.2, 0) is 9.53 Å². The van der Waals surface area contributed by atoms with Crippen LogP contribution in [0.1, 0.15) is 52.4 Å². The van der Waals surface area contributed by atoms with Crippen LogP contribution in [0, 0.1) is 5.41 Å². The van der Waals surface area contributed by atoms with E-state index in [4.69, 9.17) is 4.74 Å². The number of methoxy groups -OCH3 is 1. The maximum atomic E-state index is 11.3. The monoisotopic (exact) mass is 216 g/mol. The van der Waals surface area contributed by atoms with Crippen molar-refractivity contribution in [1.29, 1.82) is 0 Å². The van der Waals surface area contributed by atoms with Crippen molar-refractivity contribution in [3.05, 3.63) is 0 Å². The summed E-state index contributed by atoms with van der Waals surface area (Å²) in [5.74, 6) is -0.644. The molecule has 0 aromatic carbocycles. The zero-order chi connectivity index (χ0) is 11.7. The summed E-state index contributed by atoms with van der Waals surface area (Å²) in [7, 11) is 1.65. The Hall–Kier alpha value is -0.570. The molecule has 0 aliphatic rings. The fraction of sp³-hybridized carbons (Fsp3) is 0.917. The van der Waals surface area contributed by atoms with Crippen molar-refractivity contribution in [2.24, 2.45) is 5.41 Å².